The molecule has 3 rings (SSSR count). The minimum absolute atomic E-state index is 0.126. The van der Waals surface area contributed by atoms with Crippen molar-refractivity contribution in [1.82, 2.24) is 14.9 Å². The van der Waals surface area contributed by atoms with Gasteiger partial charge in [-0.15, -0.1) is 0 Å². The Bertz CT molecular complexity index is 770. The highest BCUT2D eigenvalue weighted by Crippen LogP contribution is 2.38. The Balaban J connectivity index is 1.78. The molecule has 6 nitrogen and oxygen atoms in total. The molecular weight excluding hydrogens is 321 g/mol. The van der Waals surface area contributed by atoms with E-state index in [2.05, 4.69) is 14.9 Å². The van der Waals surface area contributed by atoms with Crippen LogP contribution in [0.3, 0.4) is 0 Å². The highest BCUT2D eigenvalue weighted by Gasteiger charge is 2.32. The SMILES string of the molecule is Cc1nc(CS(=O)(=O)NC(c2ccc(F)cc2)C2CCC2)no1. The van der Waals surface area contributed by atoms with Crippen LogP contribution in [-0.4, -0.2) is 18.6 Å². The zero-order valence-corrected chi connectivity index (χ0v) is 13.5. The van der Waals surface area contributed by atoms with Gasteiger partial charge in [-0.2, -0.15) is 4.98 Å². The second-order valence-electron chi connectivity index (χ2n) is 5.83. The number of sulfonamides is 1. The molecule has 0 aliphatic heterocycles. The van der Waals surface area contributed by atoms with Gasteiger partial charge in [0, 0.05) is 13.0 Å². The van der Waals surface area contributed by atoms with Gasteiger partial charge in [-0.3, -0.25) is 0 Å². The number of aromatic nitrogens is 2. The molecule has 0 radical (unpaired) electrons. The van der Waals surface area contributed by atoms with E-state index in [0.717, 1.165) is 24.8 Å². The second-order valence-corrected chi connectivity index (χ2v) is 7.58. The quantitative estimate of drug-likeness (QED) is 0.874. The first kappa shape index (κ1) is 16.1. The molecule has 0 bridgehead atoms. The Morgan fingerprint density at radius 1 is 1.35 bits per heavy atom. The molecule has 0 spiro atoms. The van der Waals surface area contributed by atoms with E-state index < -0.39 is 10.0 Å². The van der Waals surface area contributed by atoms with E-state index in [1.54, 1.807) is 19.1 Å². The van der Waals surface area contributed by atoms with Crippen molar-refractivity contribution >= 4 is 10.0 Å². The second kappa shape index (κ2) is 6.37. The standard InChI is InChI=1S/C15H18FN3O3S/c1-10-17-14(18-22-10)9-23(20,21)19-15(11-3-2-4-11)12-5-7-13(16)8-6-12/h5-8,11,15,19H,2-4,9H2,1H3. The smallest absolute Gasteiger partial charge is 0.223 e. The van der Waals surface area contributed by atoms with E-state index >= 15 is 0 Å². The molecule has 1 aromatic carbocycles. The summed E-state index contributed by atoms with van der Waals surface area (Å²) in [5.74, 6) is -0.00592. The Morgan fingerprint density at radius 3 is 2.57 bits per heavy atom. The largest absolute Gasteiger partial charge is 0.340 e. The summed E-state index contributed by atoms with van der Waals surface area (Å²) in [5.41, 5.74) is 0.768. The molecule has 8 heteroatoms. The van der Waals surface area contributed by atoms with Crippen LogP contribution < -0.4 is 4.72 Å². The van der Waals surface area contributed by atoms with Crippen molar-refractivity contribution < 1.29 is 17.3 Å². The number of rotatable bonds is 6. The van der Waals surface area contributed by atoms with E-state index in [-0.39, 0.29) is 29.4 Å². The third kappa shape index (κ3) is 3.94. The summed E-state index contributed by atoms with van der Waals surface area (Å²) in [6, 6.07) is 5.58. The lowest BCUT2D eigenvalue weighted by atomic mass is 9.77. The van der Waals surface area contributed by atoms with Gasteiger partial charge < -0.3 is 4.52 Å². The van der Waals surface area contributed by atoms with Gasteiger partial charge in [-0.25, -0.2) is 17.5 Å². The van der Waals surface area contributed by atoms with Crippen molar-refractivity contribution in [2.45, 2.75) is 38.0 Å². The van der Waals surface area contributed by atoms with Crippen LogP contribution in [0.2, 0.25) is 0 Å². The first-order valence-electron chi connectivity index (χ1n) is 7.47. The maximum Gasteiger partial charge on any atom is 0.223 e. The number of nitrogens with one attached hydrogen (secondary N) is 1. The number of halogens is 1. The molecule has 1 aliphatic rings. The topological polar surface area (TPSA) is 85.1 Å². The number of aryl methyl sites for hydroxylation is 1. The van der Waals surface area contributed by atoms with Crippen LogP contribution >= 0.6 is 0 Å². The number of hydrogen-bond donors (Lipinski definition) is 1. The summed E-state index contributed by atoms with van der Waals surface area (Å²) in [4.78, 5) is 3.92. The Hall–Kier alpha value is -1.80. The van der Waals surface area contributed by atoms with Crippen LogP contribution in [0.4, 0.5) is 4.39 Å². The molecule has 1 aromatic heterocycles. The lowest BCUT2D eigenvalue weighted by molar-refractivity contribution is 0.251. The monoisotopic (exact) mass is 339 g/mol. The summed E-state index contributed by atoms with van der Waals surface area (Å²) < 4.78 is 45.4. The molecule has 23 heavy (non-hydrogen) atoms. The van der Waals surface area contributed by atoms with Crippen LogP contribution in [0, 0.1) is 18.7 Å². The number of benzene rings is 1. The zero-order chi connectivity index (χ0) is 16.4. The van der Waals surface area contributed by atoms with E-state index in [9.17, 15) is 12.8 Å². The fourth-order valence-electron chi connectivity index (χ4n) is 2.68. The number of hydrogen-bond acceptors (Lipinski definition) is 5. The predicted molar refractivity (Wildman–Crippen MR) is 81.3 cm³/mol. The van der Waals surface area contributed by atoms with Gasteiger partial charge in [-0.05, 0) is 36.5 Å². The van der Waals surface area contributed by atoms with Gasteiger partial charge >= 0.3 is 0 Å². The normalized spacial score (nSPS) is 17.0. The van der Waals surface area contributed by atoms with E-state index in [4.69, 9.17) is 4.52 Å². The van der Waals surface area contributed by atoms with Crippen molar-refractivity contribution in [2.24, 2.45) is 5.92 Å². The third-order valence-electron chi connectivity index (χ3n) is 4.05. The number of nitrogens with zero attached hydrogens (tertiary/aromatic N) is 2. The molecule has 0 amide bonds. The van der Waals surface area contributed by atoms with Crippen LogP contribution in [-0.2, 0) is 15.8 Å². The third-order valence-corrected chi connectivity index (χ3v) is 5.30. The summed E-state index contributed by atoms with van der Waals surface area (Å²) in [7, 11) is -3.63. The molecule has 1 unspecified atom stereocenters. The van der Waals surface area contributed by atoms with Crippen molar-refractivity contribution in [3.63, 3.8) is 0 Å². The summed E-state index contributed by atoms with van der Waals surface area (Å²) >= 11 is 0. The van der Waals surface area contributed by atoms with E-state index in [1.807, 2.05) is 0 Å². The molecule has 1 atom stereocenters. The lowest BCUT2D eigenvalue weighted by Gasteiger charge is -2.34. The van der Waals surface area contributed by atoms with Crippen molar-refractivity contribution in [1.29, 1.82) is 0 Å². The van der Waals surface area contributed by atoms with Crippen molar-refractivity contribution in [2.75, 3.05) is 0 Å². The Labute approximate surface area is 134 Å². The molecule has 1 fully saturated rings. The highest BCUT2D eigenvalue weighted by molar-refractivity contribution is 7.88. The van der Waals surface area contributed by atoms with E-state index in [1.165, 1.54) is 12.1 Å². The van der Waals surface area contributed by atoms with Crippen LogP contribution in [0.5, 0.6) is 0 Å². The molecule has 1 saturated carbocycles. The predicted octanol–water partition coefficient (Wildman–Crippen LogP) is 2.48. The van der Waals surface area contributed by atoms with Crippen LogP contribution in [0.25, 0.3) is 0 Å². The molecule has 1 aliphatic carbocycles. The minimum Gasteiger partial charge on any atom is -0.340 e. The first-order chi connectivity index (χ1) is 10.9. The van der Waals surface area contributed by atoms with Gasteiger partial charge in [-0.1, -0.05) is 23.7 Å². The minimum atomic E-state index is -3.63. The Kier molecular flexibility index (Phi) is 4.45. The van der Waals surface area contributed by atoms with Gasteiger partial charge in [0.15, 0.2) is 5.82 Å². The average molecular weight is 339 g/mol. The summed E-state index contributed by atoms with van der Waals surface area (Å²) in [5, 5.41) is 3.62. The van der Waals surface area contributed by atoms with Crippen molar-refractivity contribution in [3.05, 3.63) is 47.4 Å². The van der Waals surface area contributed by atoms with Gasteiger partial charge in [0.25, 0.3) is 0 Å². The zero-order valence-electron chi connectivity index (χ0n) is 12.7. The van der Waals surface area contributed by atoms with Crippen LogP contribution in [0.1, 0.15) is 42.6 Å². The van der Waals surface area contributed by atoms with Gasteiger partial charge in [0.1, 0.15) is 11.6 Å². The molecule has 2 aromatic rings. The summed E-state index contributed by atoms with van der Waals surface area (Å²) in [6.45, 7) is 1.60. The average Bonchev–Trinajstić information content (AvgIpc) is 2.81. The first-order valence-corrected chi connectivity index (χ1v) is 9.13. The molecule has 1 N–H and O–H groups in total. The summed E-state index contributed by atoms with van der Waals surface area (Å²) in [6.07, 6.45) is 2.98. The van der Waals surface area contributed by atoms with Crippen molar-refractivity contribution in [3.8, 4) is 0 Å². The van der Waals surface area contributed by atoms with E-state index in [0.29, 0.717) is 5.89 Å². The molecule has 0 saturated heterocycles. The fraction of sp³-hybridized carbons (Fsp3) is 0.467. The maximum atomic E-state index is 13.1. The molecule has 1 heterocycles. The van der Waals surface area contributed by atoms with Crippen LogP contribution in [0.15, 0.2) is 28.8 Å². The van der Waals surface area contributed by atoms with Gasteiger partial charge in [0.2, 0.25) is 15.9 Å². The van der Waals surface area contributed by atoms with Gasteiger partial charge in [0.05, 0.1) is 0 Å². The molecular formula is C15H18FN3O3S. The highest BCUT2D eigenvalue weighted by atomic mass is 32.2. The fourth-order valence-corrected chi connectivity index (χ4v) is 3.94. The molecule has 124 valence electrons. The Morgan fingerprint density at radius 2 is 2.04 bits per heavy atom. The lowest BCUT2D eigenvalue weighted by Crippen LogP contribution is -2.37. The maximum absolute atomic E-state index is 13.1.